The van der Waals surface area contributed by atoms with E-state index in [1.54, 1.807) is 53.3 Å². The van der Waals surface area contributed by atoms with Crippen LogP contribution in [0.25, 0.3) is 0 Å². The van der Waals surface area contributed by atoms with Crippen molar-refractivity contribution in [3.05, 3.63) is 69.4 Å². The van der Waals surface area contributed by atoms with Crippen molar-refractivity contribution < 1.29 is 14.4 Å². The van der Waals surface area contributed by atoms with Crippen molar-refractivity contribution in [2.75, 3.05) is 10.3 Å². The summed E-state index contributed by atoms with van der Waals surface area (Å²) in [7, 11) is 0. The van der Waals surface area contributed by atoms with Gasteiger partial charge < -0.3 is 16.0 Å². The lowest BCUT2D eigenvalue weighted by Gasteiger charge is -2.36. The van der Waals surface area contributed by atoms with Gasteiger partial charge >= 0.3 is 6.03 Å². The molecule has 2 saturated carbocycles. The van der Waals surface area contributed by atoms with Crippen LogP contribution in [0.3, 0.4) is 0 Å². The monoisotopic (exact) mass is 628 g/mol. The molecular weight excluding hydrogens is 603 g/mol. The second kappa shape index (κ2) is 11.5. The van der Waals surface area contributed by atoms with E-state index < -0.39 is 11.6 Å². The lowest BCUT2D eigenvalue weighted by Crippen LogP contribution is -2.53. The van der Waals surface area contributed by atoms with Crippen molar-refractivity contribution in [3.63, 3.8) is 0 Å². The van der Waals surface area contributed by atoms with Crippen molar-refractivity contribution >= 4 is 69.7 Å². The third-order valence-corrected chi connectivity index (χ3v) is 9.15. The Kier molecular flexibility index (Phi) is 7.82. The van der Waals surface area contributed by atoms with Crippen LogP contribution in [0.4, 0.5) is 16.2 Å². The highest BCUT2D eigenvalue weighted by Gasteiger charge is 2.54. The second-order valence-electron chi connectivity index (χ2n) is 10.8. The smallest absolute Gasteiger partial charge is 0.319 e. The molecule has 0 saturated heterocycles. The summed E-state index contributed by atoms with van der Waals surface area (Å²) < 4.78 is 1.79. The molecule has 4 amide bonds. The average molecular weight is 630 g/mol. The number of para-hydroxylation sites is 1. The number of rotatable bonds is 7. The van der Waals surface area contributed by atoms with Crippen molar-refractivity contribution in [3.8, 4) is 0 Å². The lowest BCUT2D eigenvalue weighted by molar-refractivity contribution is -0.119. The highest BCUT2D eigenvalue weighted by Crippen LogP contribution is 2.53. The van der Waals surface area contributed by atoms with Crippen LogP contribution < -0.4 is 21.0 Å². The minimum atomic E-state index is -0.514. The number of carbonyl (C=O) groups is 3. The predicted molar refractivity (Wildman–Crippen MR) is 160 cm³/mol. The summed E-state index contributed by atoms with van der Waals surface area (Å²) in [6.07, 6.45) is 5.66. The summed E-state index contributed by atoms with van der Waals surface area (Å²) in [5.74, 6) is -0.0875. The Labute approximate surface area is 256 Å². The largest absolute Gasteiger partial charge is 0.343 e. The molecule has 3 atom stereocenters. The molecule has 42 heavy (non-hydrogen) atoms. The summed E-state index contributed by atoms with van der Waals surface area (Å²) in [6, 6.07) is 11.2. The maximum absolute atomic E-state index is 13.5. The lowest BCUT2D eigenvalue weighted by atomic mass is 9.88. The minimum Gasteiger partial charge on any atom is -0.343 e. The number of nitrogens with one attached hydrogen (secondary N) is 3. The Morgan fingerprint density at radius 1 is 1.05 bits per heavy atom. The minimum absolute atomic E-state index is 0.101. The first-order chi connectivity index (χ1) is 20.2. The molecule has 2 aromatic carbocycles. The number of fused-ring (bicyclic) bond motifs is 2. The molecule has 1 aromatic heterocycles. The Morgan fingerprint density at radius 2 is 1.88 bits per heavy atom. The zero-order chi connectivity index (χ0) is 29.4. The van der Waals surface area contributed by atoms with E-state index >= 15 is 0 Å². The van der Waals surface area contributed by atoms with Crippen LogP contribution in [0.15, 0.2) is 53.8 Å². The Bertz CT molecular complexity index is 1590. The molecule has 3 aromatic rings. The number of halogens is 3. The van der Waals surface area contributed by atoms with E-state index in [0.29, 0.717) is 38.1 Å². The number of hydrogen-bond acceptors (Lipinski definition) is 6. The van der Waals surface area contributed by atoms with Gasteiger partial charge in [-0.15, -0.1) is 5.10 Å². The SMILES string of the molecule is O=C(NCc1cn(C2CC3CCC2(NC(=O)C2=NN(c4ccc(Cl)c(Cl)c4)C(=O)CC2)C3)nn1)Nc1ccccc1Cl. The zero-order valence-corrected chi connectivity index (χ0v) is 24.6. The molecule has 3 aliphatic rings. The number of urea groups is 1. The van der Waals surface area contributed by atoms with Crippen LogP contribution in [0.1, 0.15) is 50.3 Å². The summed E-state index contributed by atoms with van der Waals surface area (Å²) in [5, 5.41) is 24.1. The highest BCUT2D eigenvalue weighted by atomic mass is 35.5. The van der Waals surface area contributed by atoms with Crippen LogP contribution in [0, 0.1) is 5.92 Å². The molecular formula is C28H27Cl3N8O3. The molecule has 2 heterocycles. The molecule has 2 aliphatic carbocycles. The maximum Gasteiger partial charge on any atom is 0.319 e. The van der Waals surface area contributed by atoms with Gasteiger partial charge in [0.15, 0.2) is 0 Å². The van der Waals surface area contributed by atoms with Crippen molar-refractivity contribution in [2.24, 2.45) is 11.0 Å². The topological polar surface area (TPSA) is 134 Å². The molecule has 2 bridgehead atoms. The van der Waals surface area contributed by atoms with Gasteiger partial charge in [0.25, 0.3) is 5.91 Å². The number of amides is 4. The third-order valence-electron chi connectivity index (χ3n) is 8.08. The Morgan fingerprint density at radius 3 is 2.67 bits per heavy atom. The van der Waals surface area contributed by atoms with E-state index in [1.165, 1.54) is 5.01 Å². The quantitative estimate of drug-likeness (QED) is 0.324. The highest BCUT2D eigenvalue weighted by molar-refractivity contribution is 6.42. The standard InChI is InChI=1S/C28H27Cl3N8O3/c29-19-6-5-18(12-21(19)31)39-25(40)8-7-23(36-39)26(41)34-28-10-9-16(13-28)11-24(28)38-15-17(35-37-38)14-32-27(42)33-22-4-2-1-3-20(22)30/h1-6,12,15-16,24H,7-11,13-14H2,(H,34,41)(H2,32,33,42). The van der Waals surface area contributed by atoms with E-state index in [2.05, 4.69) is 31.4 Å². The number of hydrazone groups is 1. The van der Waals surface area contributed by atoms with Gasteiger partial charge in [0.05, 0.1) is 50.8 Å². The maximum atomic E-state index is 13.5. The van der Waals surface area contributed by atoms with E-state index in [4.69, 9.17) is 34.8 Å². The average Bonchev–Trinajstić information content (AvgIpc) is 3.70. The third kappa shape index (κ3) is 5.68. The molecule has 1 aliphatic heterocycles. The van der Waals surface area contributed by atoms with Crippen molar-refractivity contribution in [1.29, 1.82) is 0 Å². The Hall–Kier alpha value is -3.67. The van der Waals surface area contributed by atoms with E-state index in [1.807, 2.05) is 0 Å². The Balaban J connectivity index is 1.13. The first-order valence-corrected chi connectivity index (χ1v) is 14.7. The van der Waals surface area contributed by atoms with Crippen LogP contribution >= 0.6 is 34.8 Å². The molecule has 0 spiro atoms. The van der Waals surface area contributed by atoms with E-state index in [-0.39, 0.29) is 43.0 Å². The fourth-order valence-electron chi connectivity index (χ4n) is 6.06. The number of anilines is 2. The number of aromatic nitrogens is 3. The molecule has 14 heteroatoms. The fourth-order valence-corrected chi connectivity index (χ4v) is 6.54. The normalized spacial score (nSPS) is 23.1. The zero-order valence-electron chi connectivity index (χ0n) is 22.3. The first kappa shape index (κ1) is 28.4. The van der Waals surface area contributed by atoms with E-state index in [9.17, 15) is 14.4 Å². The van der Waals surface area contributed by atoms with Crippen molar-refractivity contribution in [2.45, 2.75) is 56.7 Å². The summed E-state index contributed by atoms with van der Waals surface area (Å²) in [5.41, 5.74) is 1.30. The van der Waals surface area contributed by atoms with Gasteiger partial charge in [-0.1, -0.05) is 52.1 Å². The van der Waals surface area contributed by atoms with Gasteiger partial charge in [0, 0.05) is 12.8 Å². The first-order valence-electron chi connectivity index (χ1n) is 13.6. The van der Waals surface area contributed by atoms with Crippen LogP contribution in [0.2, 0.25) is 15.1 Å². The van der Waals surface area contributed by atoms with Gasteiger partial charge in [-0.2, -0.15) is 5.10 Å². The van der Waals surface area contributed by atoms with Crippen LogP contribution in [-0.4, -0.2) is 44.1 Å². The second-order valence-corrected chi connectivity index (χ2v) is 12.0. The molecule has 218 valence electrons. The molecule has 3 N–H and O–H groups in total. The van der Waals surface area contributed by atoms with Gasteiger partial charge in [0.1, 0.15) is 11.4 Å². The summed E-state index contributed by atoms with van der Waals surface area (Å²) in [4.78, 5) is 38.5. The van der Waals surface area contributed by atoms with Gasteiger partial charge in [-0.05, 0) is 61.9 Å². The van der Waals surface area contributed by atoms with Crippen molar-refractivity contribution in [1.82, 2.24) is 25.6 Å². The molecule has 0 radical (unpaired) electrons. The molecule has 3 unspecified atom stereocenters. The number of carbonyl (C=O) groups excluding carboxylic acids is 3. The summed E-state index contributed by atoms with van der Waals surface area (Å²) >= 11 is 18.3. The van der Waals surface area contributed by atoms with Crippen LogP contribution in [0.5, 0.6) is 0 Å². The number of nitrogens with zero attached hydrogens (tertiary/aromatic N) is 5. The molecule has 6 rings (SSSR count). The van der Waals surface area contributed by atoms with Crippen LogP contribution in [-0.2, 0) is 16.1 Å². The number of benzene rings is 2. The van der Waals surface area contributed by atoms with Gasteiger partial charge in [-0.3, -0.25) is 9.59 Å². The number of hydrogen-bond donors (Lipinski definition) is 3. The molecule has 2 fully saturated rings. The van der Waals surface area contributed by atoms with Gasteiger partial charge in [0.2, 0.25) is 5.91 Å². The molecule has 11 nitrogen and oxygen atoms in total. The van der Waals surface area contributed by atoms with E-state index in [0.717, 1.165) is 25.7 Å². The van der Waals surface area contributed by atoms with Gasteiger partial charge in [-0.25, -0.2) is 14.5 Å². The predicted octanol–water partition coefficient (Wildman–Crippen LogP) is 5.34. The summed E-state index contributed by atoms with van der Waals surface area (Å²) in [6.45, 7) is 0.168. The fraction of sp³-hybridized carbons (Fsp3) is 0.357.